The Morgan fingerprint density at radius 3 is 2.74 bits per heavy atom. The quantitative estimate of drug-likeness (QED) is 0.658. The van der Waals surface area contributed by atoms with Crippen LogP contribution in [0.25, 0.3) is 17.0 Å². The molecule has 5 heteroatoms. The molecule has 3 rings (SSSR count). The standard InChI is InChI=1S/C14H11BrClN3/c1-8-13(15)9(2)19-7-12(18-14(19)17-8)10-4-3-5-11(16)6-10/h3-7H,1-2H3. The Hall–Kier alpha value is -1.39. The van der Waals surface area contributed by atoms with E-state index >= 15 is 0 Å². The fraction of sp³-hybridized carbons (Fsp3) is 0.143. The van der Waals surface area contributed by atoms with Crippen molar-refractivity contribution in [2.24, 2.45) is 0 Å². The number of imidazole rings is 1. The van der Waals surface area contributed by atoms with Crippen LogP contribution in [-0.4, -0.2) is 14.4 Å². The van der Waals surface area contributed by atoms with Gasteiger partial charge in [0.1, 0.15) is 0 Å². The summed E-state index contributed by atoms with van der Waals surface area (Å²) in [4.78, 5) is 9.04. The zero-order chi connectivity index (χ0) is 13.6. The van der Waals surface area contributed by atoms with Crippen molar-refractivity contribution in [1.82, 2.24) is 14.4 Å². The number of aryl methyl sites for hydroxylation is 2. The molecule has 0 fully saturated rings. The Kier molecular flexibility index (Phi) is 3.07. The second kappa shape index (κ2) is 4.62. The Balaban J connectivity index is 2.25. The van der Waals surface area contributed by atoms with E-state index in [0.717, 1.165) is 27.1 Å². The first kappa shape index (κ1) is 12.6. The van der Waals surface area contributed by atoms with Crippen LogP contribution in [0.15, 0.2) is 34.9 Å². The largest absolute Gasteiger partial charge is 0.287 e. The van der Waals surface area contributed by atoms with Crippen LogP contribution in [0.1, 0.15) is 11.4 Å². The molecule has 0 aliphatic rings. The molecule has 2 aromatic heterocycles. The Morgan fingerprint density at radius 2 is 2.00 bits per heavy atom. The number of benzene rings is 1. The summed E-state index contributed by atoms with van der Waals surface area (Å²) in [7, 11) is 0. The molecular weight excluding hydrogens is 326 g/mol. The minimum absolute atomic E-state index is 0.702. The molecule has 0 bridgehead atoms. The molecule has 0 unspecified atom stereocenters. The van der Waals surface area contributed by atoms with Crippen LogP contribution in [0.5, 0.6) is 0 Å². The van der Waals surface area contributed by atoms with Crippen LogP contribution in [0.2, 0.25) is 5.02 Å². The van der Waals surface area contributed by atoms with E-state index in [2.05, 4.69) is 25.9 Å². The third kappa shape index (κ3) is 2.15. The summed E-state index contributed by atoms with van der Waals surface area (Å²) in [5.74, 6) is 0.702. The van der Waals surface area contributed by atoms with Crippen molar-refractivity contribution in [1.29, 1.82) is 0 Å². The van der Waals surface area contributed by atoms with Crippen LogP contribution in [0.3, 0.4) is 0 Å². The van der Waals surface area contributed by atoms with Crippen molar-refractivity contribution in [3.63, 3.8) is 0 Å². The van der Waals surface area contributed by atoms with Gasteiger partial charge in [-0.05, 0) is 41.9 Å². The van der Waals surface area contributed by atoms with Crippen LogP contribution in [-0.2, 0) is 0 Å². The molecule has 0 N–H and O–H groups in total. The molecule has 0 aliphatic heterocycles. The third-order valence-electron chi connectivity index (χ3n) is 3.07. The third-order valence-corrected chi connectivity index (χ3v) is 4.45. The predicted octanol–water partition coefficient (Wildman–Crippen LogP) is 4.43. The number of nitrogens with zero attached hydrogens (tertiary/aromatic N) is 3. The van der Waals surface area contributed by atoms with Crippen molar-refractivity contribution < 1.29 is 0 Å². The average molecular weight is 337 g/mol. The molecule has 1 aromatic carbocycles. The fourth-order valence-corrected chi connectivity index (χ4v) is 2.52. The topological polar surface area (TPSA) is 30.2 Å². The first-order chi connectivity index (χ1) is 9.06. The molecule has 96 valence electrons. The number of rotatable bonds is 1. The van der Waals surface area contributed by atoms with Gasteiger partial charge in [-0.2, -0.15) is 0 Å². The monoisotopic (exact) mass is 335 g/mol. The van der Waals surface area contributed by atoms with Crippen molar-refractivity contribution in [2.75, 3.05) is 0 Å². The molecule has 0 aliphatic carbocycles. The highest BCUT2D eigenvalue weighted by atomic mass is 79.9. The van der Waals surface area contributed by atoms with Gasteiger partial charge in [-0.25, -0.2) is 9.97 Å². The van der Waals surface area contributed by atoms with E-state index in [9.17, 15) is 0 Å². The summed E-state index contributed by atoms with van der Waals surface area (Å²) in [6.45, 7) is 4.00. The van der Waals surface area contributed by atoms with Gasteiger partial charge >= 0.3 is 0 Å². The maximum absolute atomic E-state index is 6.02. The molecule has 3 aromatic rings. The maximum atomic E-state index is 6.02. The molecular formula is C14H11BrClN3. The molecule has 0 saturated carbocycles. The maximum Gasteiger partial charge on any atom is 0.234 e. The van der Waals surface area contributed by atoms with Gasteiger partial charge in [0.2, 0.25) is 5.78 Å². The van der Waals surface area contributed by atoms with E-state index in [1.807, 2.05) is 48.7 Å². The molecule has 0 spiro atoms. The number of hydrogen-bond acceptors (Lipinski definition) is 2. The van der Waals surface area contributed by atoms with E-state index in [0.29, 0.717) is 10.8 Å². The second-order valence-electron chi connectivity index (χ2n) is 4.40. The van der Waals surface area contributed by atoms with Crippen LogP contribution < -0.4 is 0 Å². The molecule has 2 heterocycles. The van der Waals surface area contributed by atoms with Gasteiger partial charge < -0.3 is 0 Å². The van der Waals surface area contributed by atoms with Gasteiger partial charge in [-0.15, -0.1) is 0 Å². The molecule has 0 radical (unpaired) electrons. The fourth-order valence-electron chi connectivity index (χ4n) is 2.05. The molecule has 19 heavy (non-hydrogen) atoms. The highest BCUT2D eigenvalue weighted by molar-refractivity contribution is 9.10. The number of hydrogen-bond donors (Lipinski definition) is 0. The number of fused-ring (bicyclic) bond motifs is 1. The molecule has 0 amide bonds. The summed E-state index contributed by atoms with van der Waals surface area (Å²) in [6, 6.07) is 7.67. The van der Waals surface area contributed by atoms with E-state index in [1.54, 1.807) is 0 Å². The minimum atomic E-state index is 0.702. The molecule has 0 saturated heterocycles. The lowest BCUT2D eigenvalue weighted by Gasteiger charge is -2.04. The lowest BCUT2D eigenvalue weighted by Crippen LogP contribution is -1.97. The molecule has 0 atom stereocenters. The van der Waals surface area contributed by atoms with E-state index < -0.39 is 0 Å². The zero-order valence-corrected chi connectivity index (χ0v) is 12.8. The predicted molar refractivity (Wildman–Crippen MR) is 80.6 cm³/mol. The van der Waals surface area contributed by atoms with Gasteiger partial charge in [0.05, 0.1) is 15.9 Å². The van der Waals surface area contributed by atoms with Crippen LogP contribution in [0.4, 0.5) is 0 Å². The van der Waals surface area contributed by atoms with Gasteiger partial charge in [0.15, 0.2) is 0 Å². The van der Waals surface area contributed by atoms with E-state index in [1.165, 1.54) is 0 Å². The highest BCUT2D eigenvalue weighted by Crippen LogP contribution is 2.25. The van der Waals surface area contributed by atoms with Gasteiger partial charge in [0.25, 0.3) is 0 Å². The van der Waals surface area contributed by atoms with Gasteiger partial charge in [-0.1, -0.05) is 23.7 Å². The first-order valence-corrected chi connectivity index (χ1v) is 7.01. The normalized spacial score (nSPS) is 11.2. The summed E-state index contributed by atoms with van der Waals surface area (Å²) in [5, 5.41) is 0.705. The van der Waals surface area contributed by atoms with Gasteiger partial charge in [-0.3, -0.25) is 4.40 Å². The SMILES string of the molecule is Cc1nc2nc(-c3cccc(Cl)c3)cn2c(C)c1Br. The van der Waals surface area contributed by atoms with Crippen LogP contribution >= 0.6 is 27.5 Å². The van der Waals surface area contributed by atoms with Crippen molar-refractivity contribution in [3.8, 4) is 11.3 Å². The lowest BCUT2D eigenvalue weighted by atomic mass is 10.2. The number of aromatic nitrogens is 3. The van der Waals surface area contributed by atoms with E-state index in [-0.39, 0.29) is 0 Å². The lowest BCUT2D eigenvalue weighted by molar-refractivity contribution is 0.996. The smallest absolute Gasteiger partial charge is 0.234 e. The average Bonchev–Trinajstić information content (AvgIpc) is 2.80. The molecule has 3 nitrogen and oxygen atoms in total. The van der Waals surface area contributed by atoms with Crippen LogP contribution in [0, 0.1) is 13.8 Å². The highest BCUT2D eigenvalue weighted by Gasteiger charge is 2.11. The summed E-state index contributed by atoms with van der Waals surface area (Å²) in [6.07, 6.45) is 1.98. The Morgan fingerprint density at radius 1 is 1.21 bits per heavy atom. The van der Waals surface area contributed by atoms with Crippen molar-refractivity contribution in [3.05, 3.63) is 51.3 Å². The summed E-state index contributed by atoms with van der Waals surface area (Å²) < 4.78 is 2.99. The van der Waals surface area contributed by atoms with E-state index in [4.69, 9.17) is 11.6 Å². The summed E-state index contributed by atoms with van der Waals surface area (Å²) in [5.41, 5.74) is 3.89. The minimum Gasteiger partial charge on any atom is -0.287 e. The second-order valence-corrected chi connectivity index (χ2v) is 5.63. The van der Waals surface area contributed by atoms with Gasteiger partial charge in [0, 0.05) is 22.5 Å². The number of halogens is 2. The van der Waals surface area contributed by atoms with Crippen molar-refractivity contribution >= 4 is 33.3 Å². The van der Waals surface area contributed by atoms with Crippen molar-refractivity contribution in [2.45, 2.75) is 13.8 Å². The Bertz CT molecular complexity index is 780. The first-order valence-electron chi connectivity index (χ1n) is 5.84. The summed E-state index contributed by atoms with van der Waals surface area (Å²) >= 11 is 9.56. The Labute approximate surface area is 124 Å². The zero-order valence-electron chi connectivity index (χ0n) is 10.5.